The molecule has 7 nitrogen and oxygen atoms in total. The van der Waals surface area contributed by atoms with E-state index in [-0.39, 0.29) is 28.4 Å². The van der Waals surface area contributed by atoms with E-state index in [0.29, 0.717) is 22.2 Å². The van der Waals surface area contributed by atoms with Crippen molar-refractivity contribution in [3.05, 3.63) is 75.1 Å². The second kappa shape index (κ2) is 8.73. The summed E-state index contributed by atoms with van der Waals surface area (Å²) in [5, 5.41) is 12.3. The van der Waals surface area contributed by atoms with Crippen molar-refractivity contribution >= 4 is 28.7 Å². The van der Waals surface area contributed by atoms with Gasteiger partial charge in [-0.3, -0.25) is 9.59 Å². The summed E-state index contributed by atoms with van der Waals surface area (Å²) in [7, 11) is 0. The molecule has 174 valence electrons. The van der Waals surface area contributed by atoms with Gasteiger partial charge in [-0.05, 0) is 45.7 Å². The Balaban J connectivity index is 2.11. The van der Waals surface area contributed by atoms with Crippen LogP contribution in [0.3, 0.4) is 0 Å². The fourth-order valence-corrected chi connectivity index (χ4v) is 3.85. The summed E-state index contributed by atoms with van der Waals surface area (Å²) >= 11 is 0. The highest BCUT2D eigenvalue weighted by molar-refractivity contribution is 6.06. The number of fused-ring (bicyclic) bond motifs is 1. The van der Waals surface area contributed by atoms with E-state index in [1.165, 1.54) is 6.20 Å². The Bertz CT molecular complexity index is 1280. The number of ether oxygens (including phenoxy) is 1. The normalized spacial score (nSPS) is 11.9. The summed E-state index contributed by atoms with van der Waals surface area (Å²) in [6.07, 6.45) is 0.0393. The van der Waals surface area contributed by atoms with Gasteiger partial charge in [0.1, 0.15) is 12.2 Å². The lowest BCUT2D eigenvalue weighted by Gasteiger charge is -2.30. The lowest BCUT2D eigenvalue weighted by atomic mass is 9.77. The topological polar surface area (TPSA) is 108 Å². The number of pyridine rings is 1. The number of carbonyl (C=O) groups excluding carboxylic acids is 1. The third-order valence-electron chi connectivity index (χ3n) is 5.49. The Morgan fingerprint density at radius 1 is 1.00 bits per heavy atom. The molecule has 0 aliphatic rings. The SMILES string of the molecule is CC(C)(C)c1cc(C(C)(C)C)c(NC(=O)c2c[nH]c3ccccc3c2=O)cc1COC(=O)O. The molecule has 1 amide bonds. The lowest BCUT2D eigenvalue weighted by Crippen LogP contribution is -2.25. The molecule has 0 bridgehead atoms. The van der Waals surface area contributed by atoms with Crippen LogP contribution in [-0.4, -0.2) is 22.2 Å². The number of aromatic nitrogens is 1. The van der Waals surface area contributed by atoms with Crippen molar-refractivity contribution in [2.75, 3.05) is 5.32 Å². The van der Waals surface area contributed by atoms with Crippen LogP contribution in [-0.2, 0) is 22.2 Å². The Morgan fingerprint density at radius 2 is 1.64 bits per heavy atom. The number of amides is 1. The van der Waals surface area contributed by atoms with Gasteiger partial charge in [0.15, 0.2) is 0 Å². The first-order valence-electron chi connectivity index (χ1n) is 10.7. The number of rotatable bonds is 4. The molecule has 0 fully saturated rings. The number of nitrogens with one attached hydrogen (secondary N) is 2. The van der Waals surface area contributed by atoms with Gasteiger partial charge in [0.25, 0.3) is 5.91 Å². The summed E-state index contributed by atoms with van der Waals surface area (Å²) in [6, 6.07) is 10.7. The molecule has 0 spiro atoms. The molecule has 0 saturated carbocycles. The number of aromatic amines is 1. The molecule has 1 aromatic heterocycles. The first kappa shape index (κ1) is 24.0. The highest BCUT2D eigenvalue weighted by Gasteiger charge is 2.27. The standard InChI is InChI=1S/C26H30N2O5/c1-25(2,3)18-12-19(26(4,5)6)21(11-15(18)14-33-24(31)32)28-23(30)17-13-27-20-10-8-7-9-16(20)22(17)29/h7-13H,14H2,1-6H3,(H,27,29)(H,28,30)(H,31,32). The van der Waals surface area contributed by atoms with Crippen LogP contribution in [0, 0.1) is 0 Å². The molecular formula is C26H30N2O5. The van der Waals surface area contributed by atoms with Crippen molar-refractivity contribution in [1.29, 1.82) is 0 Å². The Kier molecular flexibility index (Phi) is 6.36. The molecule has 0 saturated heterocycles. The summed E-state index contributed by atoms with van der Waals surface area (Å²) in [5.74, 6) is -0.541. The summed E-state index contributed by atoms with van der Waals surface area (Å²) in [5.41, 5.74) is 2.64. The summed E-state index contributed by atoms with van der Waals surface area (Å²) < 4.78 is 4.85. The Labute approximate surface area is 192 Å². The molecule has 3 rings (SSSR count). The van der Waals surface area contributed by atoms with Crippen LogP contribution in [0.5, 0.6) is 0 Å². The van der Waals surface area contributed by atoms with E-state index >= 15 is 0 Å². The van der Waals surface area contributed by atoms with Gasteiger partial charge in [-0.1, -0.05) is 59.7 Å². The molecule has 2 aromatic carbocycles. The summed E-state index contributed by atoms with van der Waals surface area (Å²) in [4.78, 5) is 40.1. The highest BCUT2D eigenvalue weighted by Crippen LogP contribution is 2.37. The van der Waals surface area contributed by atoms with Gasteiger partial charge in [-0.25, -0.2) is 4.79 Å². The molecule has 0 aliphatic carbocycles. The third-order valence-corrected chi connectivity index (χ3v) is 5.49. The first-order valence-corrected chi connectivity index (χ1v) is 10.7. The predicted molar refractivity (Wildman–Crippen MR) is 129 cm³/mol. The van der Waals surface area contributed by atoms with Gasteiger partial charge in [0, 0.05) is 22.8 Å². The van der Waals surface area contributed by atoms with Crippen LogP contribution in [0.2, 0.25) is 0 Å². The van der Waals surface area contributed by atoms with E-state index in [2.05, 4.69) is 10.3 Å². The average molecular weight is 451 g/mol. The van der Waals surface area contributed by atoms with E-state index in [9.17, 15) is 14.4 Å². The monoisotopic (exact) mass is 450 g/mol. The van der Waals surface area contributed by atoms with Crippen LogP contribution in [0.25, 0.3) is 10.9 Å². The zero-order valence-electron chi connectivity index (χ0n) is 19.8. The predicted octanol–water partition coefficient (Wildman–Crippen LogP) is 5.57. The number of carbonyl (C=O) groups is 2. The largest absolute Gasteiger partial charge is 0.506 e. The zero-order chi connectivity index (χ0) is 24.6. The smallest absolute Gasteiger partial charge is 0.450 e. The van der Waals surface area contributed by atoms with Gasteiger partial charge < -0.3 is 20.1 Å². The van der Waals surface area contributed by atoms with Crippen LogP contribution in [0.1, 0.15) is 68.6 Å². The quantitative estimate of drug-likeness (QED) is 0.450. The second-order valence-electron chi connectivity index (χ2n) is 10.1. The molecular weight excluding hydrogens is 420 g/mol. The Hall–Kier alpha value is -3.61. The number of H-pyrrole nitrogens is 1. The van der Waals surface area contributed by atoms with E-state index in [4.69, 9.17) is 9.84 Å². The molecule has 33 heavy (non-hydrogen) atoms. The van der Waals surface area contributed by atoms with Gasteiger partial charge in [-0.2, -0.15) is 0 Å². The van der Waals surface area contributed by atoms with Crippen molar-refractivity contribution in [2.45, 2.75) is 59.0 Å². The molecule has 0 aliphatic heterocycles. The lowest BCUT2D eigenvalue weighted by molar-refractivity contribution is 0.0848. The van der Waals surface area contributed by atoms with Crippen LogP contribution >= 0.6 is 0 Å². The molecule has 1 heterocycles. The molecule has 0 radical (unpaired) electrons. The maximum Gasteiger partial charge on any atom is 0.506 e. The second-order valence-corrected chi connectivity index (χ2v) is 10.1. The minimum Gasteiger partial charge on any atom is -0.450 e. The average Bonchev–Trinajstić information content (AvgIpc) is 2.70. The third kappa shape index (κ3) is 5.25. The minimum absolute atomic E-state index is 0.00297. The molecule has 3 N–H and O–H groups in total. The van der Waals surface area contributed by atoms with E-state index in [0.717, 1.165) is 11.1 Å². The molecule has 7 heteroatoms. The van der Waals surface area contributed by atoms with Gasteiger partial charge >= 0.3 is 6.16 Å². The fraction of sp³-hybridized carbons (Fsp3) is 0.346. The fourth-order valence-electron chi connectivity index (χ4n) is 3.85. The minimum atomic E-state index is -1.37. The first-order chi connectivity index (χ1) is 15.3. The van der Waals surface area contributed by atoms with Crippen molar-refractivity contribution < 1.29 is 19.4 Å². The van der Waals surface area contributed by atoms with E-state index in [1.807, 2.05) is 53.7 Å². The summed E-state index contributed by atoms with van der Waals surface area (Å²) in [6.45, 7) is 12.0. The van der Waals surface area contributed by atoms with Crippen LogP contribution in [0.15, 0.2) is 47.4 Å². The van der Waals surface area contributed by atoms with Crippen molar-refractivity contribution in [3.8, 4) is 0 Å². The maximum atomic E-state index is 13.2. The number of anilines is 1. The Morgan fingerprint density at radius 3 is 2.24 bits per heavy atom. The number of hydrogen-bond donors (Lipinski definition) is 3. The number of hydrogen-bond acceptors (Lipinski definition) is 4. The number of carboxylic acid groups (broad SMARTS) is 1. The van der Waals surface area contributed by atoms with E-state index < -0.39 is 12.1 Å². The number of benzene rings is 2. The zero-order valence-corrected chi connectivity index (χ0v) is 19.8. The van der Waals surface area contributed by atoms with Gasteiger partial charge in [-0.15, -0.1) is 0 Å². The van der Waals surface area contributed by atoms with Gasteiger partial charge in [0.05, 0.1) is 0 Å². The highest BCUT2D eigenvalue weighted by atomic mass is 16.7. The van der Waals surface area contributed by atoms with Crippen molar-refractivity contribution in [2.24, 2.45) is 0 Å². The molecule has 0 atom stereocenters. The van der Waals surface area contributed by atoms with Crippen molar-refractivity contribution in [3.63, 3.8) is 0 Å². The maximum absolute atomic E-state index is 13.2. The van der Waals surface area contributed by atoms with Crippen LogP contribution < -0.4 is 10.7 Å². The van der Waals surface area contributed by atoms with Gasteiger partial charge in [0.2, 0.25) is 5.43 Å². The molecule has 3 aromatic rings. The molecule has 0 unspecified atom stereocenters. The number of para-hydroxylation sites is 1. The van der Waals surface area contributed by atoms with Crippen LogP contribution in [0.4, 0.5) is 10.5 Å². The van der Waals surface area contributed by atoms with Crippen molar-refractivity contribution in [1.82, 2.24) is 4.98 Å². The van der Waals surface area contributed by atoms with E-state index in [1.54, 1.807) is 24.3 Å².